The van der Waals surface area contributed by atoms with Crippen LogP contribution in [0.2, 0.25) is 0 Å². The minimum Gasteiger partial charge on any atom is -0.382 e. The number of nitrogens with one attached hydrogen (secondary N) is 1. The largest absolute Gasteiger partial charge is 0.399 e. The second-order valence-electron chi connectivity index (χ2n) is 4.27. The lowest BCUT2D eigenvalue weighted by atomic mass is 9.91. The Balaban J connectivity index is 2.53. The molecule has 0 amide bonds. The molecule has 0 fully saturated rings. The van der Waals surface area contributed by atoms with Crippen molar-refractivity contribution in [1.29, 1.82) is 5.41 Å². The third kappa shape index (κ3) is 2.96. The number of pyridine rings is 1. The summed E-state index contributed by atoms with van der Waals surface area (Å²) in [6, 6.07) is 10.1. The molecule has 0 radical (unpaired) electrons. The van der Waals surface area contributed by atoms with Gasteiger partial charge in [-0.05, 0) is 23.3 Å². The highest BCUT2D eigenvalue weighted by Gasteiger charge is 2.41. The van der Waals surface area contributed by atoms with Crippen LogP contribution in [0.4, 0.5) is 13.2 Å². The summed E-state index contributed by atoms with van der Waals surface area (Å²) in [6.07, 6.45) is -3.20. The molecule has 1 aromatic heterocycles. The van der Waals surface area contributed by atoms with E-state index in [2.05, 4.69) is 4.98 Å². The molecule has 2 rings (SSSR count). The Morgan fingerprint density at radius 3 is 2.30 bits per heavy atom. The van der Waals surface area contributed by atoms with Crippen LogP contribution >= 0.6 is 0 Å². The van der Waals surface area contributed by atoms with E-state index in [1.807, 2.05) is 0 Å². The molecule has 3 N–H and O–H groups in total. The first-order valence-electron chi connectivity index (χ1n) is 5.81. The minimum absolute atomic E-state index is 0.0175. The van der Waals surface area contributed by atoms with Gasteiger partial charge in [0, 0.05) is 6.20 Å². The summed E-state index contributed by atoms with van der Waals surface area (Å²) in [6.45, 7) is 0. The number of amidine groups is 1. The van der Waals surface area contributed by atoms with E-state index in [-0.39, 0.29) is 22.7 Å². The van der Waals surface area contributed by atoms with E-state index in [1.54, 1.807) is 18.2 Å². The second-order valence-corrected chi connectivity index (χ2v) is 4.27. The van der Waals surface area contributed by atoms with Crippen LogP contribution in [0.1, 0.15) is 22.7 Å². The lowest BCUT2D eigenvalue weighted by molar-refractivity contribution is -0.141. The number of nitrogens with zero attached hydrogens (tertiary/aromatic N) is 1. The SMILES string of the molecule is N=C(N)c1cc(C(c2ccccc2)C(F)(F)F)ccn1. The molecule has 2 aromatic rings. The zero-order chi connectivity index (χ0) is 14.8. The lowest BCUT2D eigenvalue weighted by Crippen LogP contribution is -2.23. The summed E-state index contributed by atoms with van der Waals surface area (Å²) in [5.74, 6) is -2.12. The maximum Gasteiger partial charge on any atom is 0.399 e. The number of hydrogen-bond donors (Lipinski definition) is 2. The fraction of sp³-hybridized carbons (Fsp3) is 0.143. The van der Waals surface area contributed by atoms with Crippen molar-refractivity contribution >= 4 is 5.84 Å². The van der Waals surface area contributed by atoms with Gasteiger partial charge in [-0.1, -0.05) is 30.3 Å². The van der Waals surface area contributed by atoms with Gasteiger partial charge in [-0.2, -0.15) is 13.2 Å². The van der Waals surface area contributed by atoms with E-state index >= 15 is 0 Å². The molecule has 1 heterocycles. The number of hydrogen-bond acceptors (Lipinski definition) is 2. The summed E-state index contributed by atoms with van der Waals surface area (Å²) in [5.41, 5.74) is 5.46. The number of aromatic nitrogens is 1. The van der Waals surface area contributed by atoms with Crippen LogP contribution in [0.25, 0.3) is 0 Å². The van der Waals surface area contributed by atoms with Gasteiger partial charge in [0.25, 0.3) is 0 Å². The van der Waals surface area contributed by atoms with Crippen molar-refractivity contribution in [3.8, 4) is 0 Å². The molecule has 20 heavy (non-hydrogen) atoms. The number of nitrogens with two attached hydrogens (primary N) is 1. The van der Waals surface area contributed by atoms with Crippen LogP contribution in [-0.2, 0) is 0 Å². The fourth-order valence-electron chi connectivity index (χ4n) is 1.99. The average molecular weight is 279 g/mol. The Kier molecular flexibility index (Phi) is 3.74. The van der Waals surface area contributed by atoms with Crippen molar-refractivity contribution in [2.75, 3.05) is 0 Å². The number of nitrogen functional groups attached to an aromatic ring is 1. The van der Waals surface area contributed by atoms with Crippen molar-refractivity contribution in [3.05, 3.63) is 65.5 Å². The van der Waals surface area contributed by atoms with Crippen LogP contribution in [0, 0.1) is 5.41 Å². The summed E-state index contributed by atoms with van der Waals surface area (Å²) < 4.78 is 40.0. The Hall–Kier alpha value is -2.37. The third-order valence-electron chi connectivity index (χ3n) is 2.85. The molecule has 0 aliphatic heterocycles. The Bertz CT molecular complexity index is 609. The molecule has 1 aromatic carbocycles. The average Bonchev–Trinajstić information content (AvgIpc) is 2.39. The zero-order valence-electron chi connectivity index (χ0n) is 10.4. The fourth-order valence-corrected chi connectivity index (χ4v) is 1.99. The quantitative estimate of drug-likeness (QED) is 0.670. The predicted octanol–water partition coefficient (Wildman–Crippen LogP) is 3.06. The number of benzene rings is 1. The molecule has 0 aliphatic rings. The van der Waals surface area contributed by atoms with Crippen molar-refractivity contribution in [2.45, 2.75) is 12.1 Å². The Labute approximate surface area is 113 Å². The van der Waals surface area contributed by atoms with Crippen molar-refractivity contribution < 1.29 is 13.2 Å². The highest BCUT2D eigenvalue weighted by Crippen LogP contribution is 2.39. The van der Waals surface area contributed by atoms with Gasteiger partial charge in [-0.25, -0.2) is 0 Å². The van der Waals surface area contributed by atoms with E-state index in [4.69, 9.17) is 11.1 Å². The van der Waals surface area contributed by atoms with Gasteiger partial charge in [0.05, 0.1) is 0 Å². The van der Waals surface area contributed by atoms with Crippen LogP contribution in [-0.4, -0.2) is 17.0 Å². The normalized spacial score (nSPS) is 12.9. The Morgan fingerprint density at radius 1 is 1.10 bits per heavy atom. The maximum atomic E-state index is 13.3. The van der Waals surface area contributed by atoms with Gasteiger partial charge in [0.1, 0.15) is 17.4 Å². The van der Waals surface area contributed by atoms with Gasteiger partial charge in [-0.15, -0.1) is 0 Å². The monoisotopic (exact) mass is 279 g/mol. The standard InChI is InChI=1S/C14H12F3N3/c15-14(16,17)12(9-4-2-1-3-5-9)10-6-7-20-11(8-10)13(18)19/h1-8,12H,(H3,18,19). The number of rotatable bonds is 3. The van der Waals surface area contributed by atoms with Crippen LogP contribution in [0.3, 0.4) is 0 Å². The smallest absolute Gasteiger partial charge is 0.382 e. The molecule has 0 bridgehead atoms. The summed E-state index contributed by atoms with van der Waals surface area (Å²) in [7, 11) is 0. The molecule has 0 saturated carbocycles. The molecular weight excluding hydrogens is 267 g/mol. The first-order chi connectivity index (χ1) is 9.39. The van der Waals surface area contributed by atoms with E-state index in [0.717, 1.165) is 0 Å². The highest BCUT2D eigenvalue weighted by molar-refractivity contribution is 5.93. The van der Waals surface area contributed by atoms with Gasteiger partial charge < -0.3 is 5.73 Å². The predicted molar refractivity (Wildman–Crippen MR) is 69.6 cm³/mol. The topological polar surface area (TPSA) is 62.8 Å². The van der Waals surface area contributed by atoms with E-state index in [9.17, 15) is 13.2 Å². The van der Waals surface area contributed by atoms with Crippen molar-refractivity contribution in [1.82, 2.24) is 4.98 Å². The molecule has 0 spiro atoms. The summed E-state index contributed by atoms with van der Waals surface area (Å²) >= 11 is 0. The molecule has 3 nitrogen and oxygen atoms in total. The lowest BCUT2D eigenvalue weighted by Gasteiger charge is -2.21. The van der Waals surface area contributed by atoms with E-state index in [0.29, 0.717) is 0 Å². The Morgan fingerprint density at radius 2 is 1.75 bits per heavy atom. The van der Waals surface area contributed by atoms with Crippen LogP contribution < -0.4 is 5.73 Å². The van der Waals surface area contributed by atoms with Gasteiger partial charge >= 0.3 is 6.18 Å². The summed E-state index contributed by atoms with van der Waals surface area (Å²) in [5, 5.41) is 7.27. The van der Waals surface area contributed by atoms with Crippen molar-refractivity contribution in [3.63, 3.8) is 0 Å². The molecule has 0 aliphatic carbocycles. The maximum absolute atomic E-state index is 13.3. The van der Waals surface area contributed by atoms with Crippen LogP contribution in [0.15, 0.2) is 48.7 Å². The molecule has 1 unspecified atom stereocenters. The van der Waals surface area contributed by atoms with Gasteiger partial charge in [0.15, 0.2) is 0 Å². The highest BCUT2D eigenvalue weighted by atomic mass is 19.4. The number of alkyl halides is 3. The molecule has 6 heteroatoms. The van der Waals surface area contributed by atoms with Gasteiger partial charge in [-0.3, -0.25) is 10.4 Å². The summed E-state index contributed by atoms with van der Waals surface area (Å²) in [4.78, 5) is 3.78. The first-order valence-corrected chi connectivity index (χ1v) is 5.81. The second kappa shape index (κ2) is 5.32. The minimum atomic E-state index is -4.43. The molecule has 104 valence electrons. The first kappa shape index (κ1) is 14.0. The number of halogens is 3. The van der Waals surface area contributed by atoms with Crippen LogP contribution in [0.5, 0.6) is 0 Å². The van der Waals surface area contributed by atoms with Crippen molar-refractivity contribution in [2.24, 2.45) is 5.73 Å². The molecule has 1 atom stereocenters. The molecular formula is C14H12F3N3. The van der Waals surface area contributed by atoms with Gasteiger partial charge in [0.2, 0.25) is 0 Å². The zero-order valence-corrected chi connectivity index (χ0v) is 10.4. The van der Waals surface area contributed by atoms with E-state index < -0.39 is 12.1 Å². The third-order valence-corrected chi connectivity index (χ3v) is 2.85. The van der Waals surface area contributed by atoms with E-state index in [1.165, 1.54) is 30.5 Å². The molecule has 0 saturated heterocycles.